The summed E-state index contributed by atoms with van der Waals surface area (Å²) in [4.78, 5) is 4.70. The van der Waals surface area contributed by atoms with Crippen LogP contribution in [-0.2, 0) is 0 Å². The van der Waals surface area contributed by atoms with Gasteiger partial charge in [-0.3, -0.25) is 0 Å². The molecule has 1 fully saturated rings. The van der Waals surface area contributed by atoms with E-state index in [-0.39, 0.29) is 0 Å². The van der Waals surface area contributed by atoms with Gasteiger partial charge in [0.05, 0.1) is 13.7 Å². The number of nitrogens with one attached hydrogen (secondary N) is 1. The van der Waals surface area contributed by atoms with Crippen LogP contribution in [0.15, 0.2) is 72.8 Å². The minimum Gasteiger partial charge on any atom is -0.154 e. The van der Waals surface area contributed by atoms with Crippen LogP contribution in [0.2, 0.25) is 0 Å². The number of aryl methyl sites for hydroxylation is 8. The number of rotatable bonds is 7. The normalized spacial score (nSPS) is 14.6. The molecule has 0 amide bonds. The zero-order valence-electron chi connectivity index (χ0n) is 26.4. The van der Waals surface area contributed by atoms with Crippen molar-refractivity contribution >= 4 is 36.7 Å². The third-order valence-corrected chi connectivity index (χ3v) is 15.9. The predicted octanol–water partition coefficient (Wildman–Crippen LogP) is 9.01. The molecule has 0 heterocycles. The van der Waals surface area contributed by atoms with Crippen LogP contribution >= 0.6 is 15.5 Å². The van der Waals surface area contributed by atoms with Crippen LogP contribution < -0.4 is 26.1 Å². The molecule has 214 valence electrons. The fourth-order valence-corrected chi connectivity index (χ4v) is 16.4. The first-order chi connectivity index (χ1) is 19.5. The van der Waals surface area contributed by atoms with Crippen molar-refractivity contribution in [2.45, 2.75) is 93.2 Å². The molecule has 3 heteroatoms. The molecule has 1 N–H and O–H groups in total. The molecule has 1 aliphatic rings. The van der Waals surface area contributed by atoms with Crippen molar-refractivity contribution in [2.75, 3.05) is 0 Å². The molecule has 0 unspecified atom stereocenters. The minimum absolute atomic E-state index is 0.625. The third-order valence-electron chi connectivity index (χ3n) is 8.54. The van der Waals surface area contributed by atoms with Gasteiger partial charge in [-0.2, -0.15) is 4.86 Å². The predicted molar refractivity (Wildman–Crippen MR) is 186 cm³/mol. The van der Waals surface area contributed by atoms with Crippen LogP contribution in [0.3, 0.4) is 0 Å². The number of hydrogen-bond acceptors (Lipinski definition) is 1. The fourth-order valence-electron chi connectivity index (χ4n) is 7.13. The van der Waals surface area contributed by atoms with E-state index in [0.29, 0.717) is 5.66 Å². The zero-order chi connectivity index (χ0) is 29.3. The topological polar surface area (TPSA) is 12.0 Å². The van der Waals surface area contributed by atoms with Crippen LogP contribution in [-0.4, -0.2) is 5.66 Å². The SMILES string of the molecule is Cc1cc(C)cc(P(N[P+](c2cc(C)cc(C)c2)(c2cc(C)cc(C)c2)C2CCCCC2)c2cc(C)cc(C)c2)c1. The molecule has 0 atom stereocenters. The summed E-state index contributed by atoms with van der Waals surface area (Å²) in [5.41, 5.74) is 11.5. The average Bonchev–Trinajstić information content (AvgIpc) is 2.87. The van der Waals surface area contributed by atoms with Gasteiger partial charge in [0.1, 0.15) is 10.6 Å². The fraction of sp³-hybridized carbons (Fsp3) is 0.368. The molecule has 0 bridgehead atoms. The van der Waals surface area contributed by atoms with Crippen molar-refractivity contribution in [3.05, 3.63) is 117 Å². The van der Waals surface area contributed by atoms with E-state index < -0.39 is 15.5 Å². The van der Waals surface area contributed by atoms with Crippen molar-refractivity contribution in [3.63, 3.8) is 0 Å². The van der Waals surface area contributed by atoms with Crippen LogP contribution in [0.1, 0.15) is 76.6 Å². The Labute approximate surface area is 251 Å². The van der Waals surface area contributed by atoms with E-state index in [1.807, 2.05) is 0 Å². The summed E-state index contributed by atoms with van der Waals surface area (Å²) in [7, 11) is -2.87. The van der Waals surface area contributed by atoms with Gasteiger partial charge in [-0.25, -0.2) is 0 Å². The molecule has 0 spiro atoms. The van der Waals surface area contributed by atoms with Gasteiger partial charge >= 0.3 is 0 Å². The Morgan fingerprint density at radius 2 is 0.780 bits per heavy atom. The maximum atomic E-state index is 4.70. The third kappa shape index (κ3) is 6.70. The molecule has 0 aromatic heterocycles. The summed E-state index contributed by atoms with van der Waals surface area (Å²) in [6.07, 6.45) is 6.61. The first-order valence-electron chi connectivity index (χ1n) is 15.3. The highest BCUT2D eigenvalue weighted by atomic mass is 31.2. The molecule has 1 aliphatic carbocycles. The van der Waals surface area contributed by atoms with Gasteiger partial charge in [0.15, 0.2) is 7.41 Å². The highest BCUT2D eigenvalue weighted by Gasteiger charge is 2.53. The van der Waals surface area contributed by atoms with Gasteiger partial charge in [0, 0.05) is 0 Å². The second kappa shape index (κ2) is 12.5. The standard InChI is InChI=1S/C38H48NP2/c1-26-14-27(2)19-34(18-26)40(35-20-28(3)15-29(4)21-35)39-41(36-12-10-9-11-13-36,37-22-30(5)16-31(6)23-37)38-24-32(7)17-33(8)25-38/h14-25,36,39H,9-13H2,1-8H3/q+1. The molecule has 41 heavy (non-hydrogen) atoms. The summed E-state index contributed by atoms with van der Waals surface area (Å²) >= 11 is 0. The van der Waals surface area contributed by atoms with Crippen molar-refractivity contribution in [2.24, 2.45) is 0 Å². The lowest BCUT2D eigenvalue weighted by Gasteiger charge is -2.39. The Morgan fingerprint density at radius 3 is 1.12 bits per heavy atom. The Kier molecular flexibility index (Phi) is 9.21. The van der Waals surface area contributed by atoms with Crippen molar-refractivity contribution < 1.29 is 0 Å². The quantitative estimate of drug-likeness (QED) is 0.215. The Bertz CT molecular complexity index is 1360. The van der Waals surface area contributed by atoms with E-state index in [1.54, 1.807) is 0 Å². The molecular weight excluding hydrogens is 532 g/mol. The average molecular weight is 581 g/mol. The van der Waals surface area contributed by atoms with E-state index in [0.717, 1.165) is 0 Å². The van der Waals surface area contributed by atoms with Crippen molar-refractivity contribution in [3.8, 4) is 0 Å². The molecule has 0 radical (unpaired) electrons. The summed E-state index contributed by atoms with van der Waals surface area (Å²) in [5.74, 6) is 0. The summed E-state index contributed by atoms with van der Waals surface area (Å²) in [6, 6.07) is 29.2. The van der Waals surface area contributed by atoms with E-state index in [2.05, 4.69) is 128 Å². The van der Waals surface area contributed by atoms with Crippen LogP contribution in [0.5, 0.6) is 0 Å². The van der Waals surface area contributed by atoms with E-state index in [1.165, 1.54) is 97.8 Å². The highest BCUT2D eigenvalue weighted by Crippen LogP contribution is 2.65. The number of hydrogen-bond donors (Lipinski definition) is 1. The van der Waals surface area contributed by atoms with Gasteiger partial charge < -0.3 is 0 Å². The van der Waals surface area contributed by atoms with E-state index >= 15 is 0 Å². The van der Waals surface area contributed by atoms with Gasteiger partial charge in [0.25, 0.3) is 0 Å². The molecular formula is C38H48NP2+. The van der Waals surface area contributed by atoms with E-state index in [4.69, 9.17) is 4.86 Å². The summed E-state index contributed by atoms with van der Waals surface area (Å²) < 4.78 is 0. The lowest BCUT2D eigenvalue weighted by molar-refractivity contribution is 0.509. The first-order valence-corrected chi connectivity index (χ1v) is 18.5. The molecule has 5 rings (SSSR count). The van der Waals surface area contributed by atoms with Crippen molar-refractivity contribution in [1.82, 2.24) is 4.86 Å². The largest absolute Gasteiger partial charge is 0.154 e. The van der Waals surface area contributed by atoms with Crippen LogP contribution in [0.4, 0.5) is 0 Å². The second-order valence-electron chi connectivity index (χ2n) is 12.8. The maximum absolute atomic E-state index is 4.70. The highest BCUT2D eigenvalue weighted by molar-refractivity contribution is 7.96. The van der Waals surface area contributed by atoms with Crippen LogP contribution in [0, 0.1) is 55.4 Å². The van der Waals surface area contributed by atoms with Gasteiger partial charge in [-0.1, -0.05) is 52.9 Å². The van der Waals surface area contributed by atoms with Gasteiger partial charge in [-0.05, 0) is 162 Å². The molecule has 1 saturated carbocycles. The summed E-state index contributed by atoms with van der Waals surface area (Å²) in [5, 5.41) is 5.95. The number of benzene rings is 4. The maximum Gasteiger partial charge on any atom is 0.153 e. The molecule has 0 saturated heterocycles. The van der Waals surface area contributed by atoms with Crippen LogP contribution in [0.25, 0.3) is 0 Å². The first kappa shape index (κ1) is 30.2. The minimum atomic E-state index is -2.05. The smallest absolute Gasteiger partial charge is 0.153 e. The Balaban J connectivity index is 1.85. The van der Waals surface area contributed by atoms with Crippen molar-refractivity contribution in [1.29, 1.82) is 0 Å². The lowest BCUT2D eigenvalue weighted by Crippen LogP contribution is -2.42. The molecule has 1 nitrogen and oxygen atoms in total. The Morgan fingerprint density at radius 1 is 0.463 bits per heavy atom. The van der Waals surface area contributed by atoms with Gasteiger partial charge in [0.2, 0.25) is 0 Å². The van der Waals surface area contributed by atoms with Gasteiger partial charge in [-0.15, -0.1) is 0 Å². The summed E-state index contributed by atoms with van der Waals surface area (Å²) in [6.45, 7) is 18.1. The Hall–Kier alpha value is -2.30. The lowest BCUT2D eigenvalue weighted by atomic mass is 10.0. The molecule has 0 aliphatic heterocycles. The molecule has 4 aromatic rings. The zero-order valence-corrected chi connectivity index (χ0v) is 28.2. The van der Waals surface area contributed by atoms with E-state index in [9.17, 15) is 0 Å². The second-order valence-corrected chi connectivity index (χ2v) is 18.5. The monoisotopic (exact) mass is 580 g/mol. The molecule has 4 aromatic carbocycles.